The van der Waals surface area contributed by atoms with Crippen molar-refractivity contribution >= 4 is 34.5 Å². The number of fused-ring (bicyclic) bond motifs is 1. The van der Waals surface area contributed by atoms with Crippen LogP contribution in [0.4, 0.5) is 10.1 Å². The minimum absolute atomic E-state index is 0.0684. The van der Waals surface area contributed by atoms with E-state index in [4.69, 9.17) is 11.6 Å². The molecule has 0 bridgehead atoms. The Morgan fingerprint density at radius 1 is 1.43 bits per heavy atom. The van der Waals surface area contributed by atoms with Crippen LogP contribution in [0, 0.1) is 5.82 Å². The largest absolute Gasteiger partial charge is 0.326 e. The number of carbonyl (C=O) groups is 1. The van der Waals surface area contributed by atoms with Gasteiger partial charge in [0.15, 0.2) is 0 Å². The number of amides is 1. The van der Waals surface area contributed by atoms with Gasteiger partial charge in [-0.2, -0.15) is 0 Å². The summed E-state index contributed by atoms with van der Waals surface area (Å²) < 4.78 is 14.4. The van der Waals surface area contributed by atoms with Crippen molar-refractivity contribution in [1.82, 2.24) is 5.32 Å². The van der Waals surface area contributed by atoms with Crippen LogP contribution in [-0.4, -0.2) is 13.0 Å². The maximum atomic E-state index is 14.4. The normalized spacial score (nSPS) is 15.5. The topological polar surface area (TPSA) is 41.1 Å². The molecule has 1 aliphatic rings. The SMILES string of the molecule is CNC(c1cc2c(cc1F)NC(=O)CC2)c1sccc1Cl. The molecule has 3 rings (SSSR count). The number of anilines is 1. The zero-order valence-electron chi connectivity index (χ0n) is 11.4. The number of carbonyl (C=O) groups excluding carboxylic acids is 1. The average Bonchev–Trinajstić information content (AvgIpc) is 2.87. The van der Waals surface area contributed by atoms with Gasteiger partial charge in [-0.25, -0.2) is 4.39 Å². The van der Waals surface area contributed by atoms with E-state index >= 15 is 0 Å². The summed E-state index contributed by atoms with van der Waals surface area (Å²) in [7, 11) is 1.78. The van der Waals surface area contributed by atoms with E-state index in [0.29, 0.717) is 29.1 Å². The first-order valence-corrected chi connectivity index (χ1v) is 7.88. The molecule has 110 valence electrons. The van der Waals surface area contributed by atoms with Crippen LogP contribution in [0.25, 0.3) is 0 Å². The fourth-order valence-electron chi connectivity index (χ4n) is 2.58. The molecule has 1 aromatic heterocycles. The van der Waals surface area contributed by atoms with Crippen molar-refractivity contribution in [2.24, 2.45) is 0 Å². The van der Waals surface area contributed by atoms with Crippen LogP contribution in [-0.2, 0) is 11.2 Å². The van der Waals surface area contributed by atoms with Crippen LogP contribution in [0.15, 0.2) is 23.6 Å². The minimum Gasteiger partial charge on any atom is -0.326 e. The van der Waals surface area contributed by atoms with E-state index in [-0.39, 0.29) is 17.8 Å². The lowest BCUT2D eigenvalue weighted by atomic mass is 9.96. The third-order valence-electron chi connectivity index (χ3n) is 3.62. The minimum atomic E-state index is -0.347. The van der Waals surface area contributed by atoms with Gasteiger partial charge in [0, 0.05) is 22.5 Å². The van der Waals surface area contributed by atoms with Crippen LogP contribution in [0.2, 0.25) is 5.02 Å². The number of aryl methyl sites for hydroxylation is 1. The molecular formula is C15H14ClFN2OS. The Hall–Kier alpha value is -1.43. The molecule has 3 nitrogen and oxygen atoms in total. The van der Waals surface area contributed by atoms with Crippen LogP contribution in [0.3, 0.4) is 0 Å². The summed E-state index contributed by atoms with van der Waals surface area (Å²) in [6, 6.07) is 4.73. The summed E-state index contributed by atoms with van der Waals surface area (Å²) in [6.07, 6.45) is 1.06. The predicted molar refractivity (Wildman–Crippen MR) is 83.6 cm³/mol. The predicted octanol–water partition coefficient (Wildman–Crippen LogP) is 3.73. The summed E-state index contributed by atoms with van der Waals surface area (Å²) in [5.74, 6) is -0.416. The van der Waals surface area contributed by atoms with Crippen molar-refractivity contribution in [1.29, 1.82) is 0 Å². The molecule has 1 amide bonds. The molecule has 0 aliphatic carbocycles. The first-order valence-electron chi connectivity index (χ1n) is 6.62. The second-order valence-electron chi connectivity index (χ2n) is 4.93. The Labute approximate surface area is 131 Å². The molecule has 21 heavy (non-hydrogen) atoms. The average molecular weight is 325 g/mol. The summed E-state index contributed by atoms with van der Waals surface area (Å²) >= 11 is 7.66. The molecule has 2 aromatic rings. The van der Waals surface area contributed by atoms with Crippen molar-refractivity contribution in [2.45, 2.75) is 18.9 Å². The highest BCUT2D eigenvalue weighted by Gasteiger charge is 2.24. The van der Waals surface area contributed by atoms with Gasteiger partial charge in [0.2, 0.25) is 5.91 Å². The zero-order chi connectivity index (χ0) is 15.0. The Morgan fingerprint density at radius 2 is 2.24 bits per heavy atom. The molecule has 6 heteroatoms. The molecule has 1 aliphatic heterocycles. The number of hydrogen-bond donors (Lipinski definition) is 2. The van der Waals surface area contributed by atoms with E-state index in [1.807, 2.05) is 17.5 Å². The van der Waals surface area contributed by atoms with Gasteiger partial charge >= 0.3 is 0 Å². The second-order valence-corrected chi connectivity index (χ2v) is 6.29. The van der Waals surface area contributed by atoms with Gasteiger partial charge < -0.3 is 10.6 Å². The Bertz CT molecular complexity index is 701. The zero-order valence-corrected chi connectivity index (χ0v) is 12.9. The lowest BCUT2D eigenvalue weighted by molar-refractivity contribution is -0.116. The van der Waals surface area contributed by atoms with Crippen molar-refractivity contribution in [2.75, 3.05) is 12.4 Å². The molecule has 2 heterocycles. The van der Waals surface area contributed by atoms with Gasteiger partial charge in [-0.15, -0.1) is 11.3 Å². The van der Waals surface area contributed by atoms with Crippen molar-refractivity contribution in [3.63, 3.8) is 0 Å². The third-order valence-corrected chi connectivity index (χ3v) is 5.05. The molecule has 0 saturated heterocycles. The van der Waals surface area contributed by atoms with Gasteiger partial charge in [-0.3, -0.25) is 4.79 Å². The summed E-state index contributed by atoms with van der Waals surface area (Å²) in [5, 5.41) is 8.34. The molecule has 1 unspecified atom stereocenters. The lowest BCUT2D eigenvalue weighted by Gasteiger charge is -2.22. The van der Waals surface area contributed by atoms with Crippen molar-refractivity contribution in [3.05, 3.63) is 50.4 Å². The molecule has 2 N–H and O–H groups in total. The number of rotatable bonds is 3. The van der Waals surface area contributed by atoms with E-state index in [1.54, 1.807) is 7.05 Å². The number of hydrogen-bond acceptors (Lipinski definition) is 3. The van der Waals surface area contributed by atoms with E-state index in [9.17, 15) is 9.18 Å². The van der Waals surface area contributed by atoms with E-state index in [2.05, 4.69) is 10.6 Å². The lowest BCUT2D eigenvalue weighted by Crippen LogP contribution is -2.22. The molecule has 1 aromatic carbocycles. The summed E-state index contributed by atoms with van der Waals surface area (Å²) in [6.45, 7) is 0. The molecular weight excluding hydrogens is 311 g/mol. The highest BCUT2D eigenvalue weighted by Crippen LogP contribution is 2.36. The molecule has 0 saturated carbocycles. The number of benzene rings is 1. The monoisotopic (exact) mass is 324 g/mol. The van der Waals surface area contributed by atoms with Crippen molar-refractivity contribution < 1.29 is 9.18 Å². The van der Waals surface area contributed by atoms with Crippen LogP contribution in [0.5, 0.6) is 0 Å². The number of nitrogens with one attached hydrogen (secondary N) is 2. The highest BCUT2D eigenvalue weighted by atomic mass is 35.5. The molecule has 0 radical (unpaired) electrons. The van der Waals surface area contributed by atoms with Gasteiger partial charge in [0.1, 0.15) is 5.82 Å². The van der Waals surface area contributed by atoms with Crippen LogP contribution in [0.1, 0.15) is 28.5 Å². The Balaban J connectivity index is 2.05. The Morgan fingerprint density at radius 3 is 2.90 bits per heavy atom. The first-order chi connectivity index (χ1) is 10.1. The van der Waals surface area contributed by atoms with Gasteiger partial charge in [-0.1, -0.05) is 11.6 Å². The van der Waals surface area contributed by atoms with E-state index in [1.165, 1.54) is 17.4 Å². The maximum absolute atomic E-state index is 14.4. The quantitative estimate of drug-likeness (QED) is 0.903. The summed E-state index contributed by atoms with van der Waals surface area (Å²) in [4.78, 5) is 12.3. The number of halogens is 2. The fourth-order valence-corrected chi connectivity index (χ4v) is 3.87. The number of thiophene rings is 1. The molecule has 0 fully saturated rings. The standard InChI is InChI=1S/C15H14ClFN2OS/c1-18-14(15-10(16)4-5-21-15)9-6-8-2-3-13(20)19-12(8)7-11(9)17/h4-7,14,18H,2-3H2,1H3,(H,19,20). The van der Waals surface area contributed by atoms with Crippen molar-refractivity contribution in [3.8, 4) is 0 Å². The second kappa shape index (κ2) is 5.75. The molecule has 1 atom stereocenters. The Kier molecular flexibility index (Phi) is 3.97. The van der Waals surface area contributed by atoms with E-state index < -0.39 is 0 Å². The fraction of sp³-hybridized carbons (Fsp3) is 0.267. The van der Waals surface area contributed by atoms with Gasteiger partial charge in [-0.05, 0) is 42.6 Å². The van der Waals surface area contributed by atoms with Crippen LogP contribution < -0.4 is 10.6 Å². The molecule has 0 spiro atoms. The highest BCUT2D eigenvalue weighted by molar-refractivity contribution is 7.10. The summed E-state index contributed by atoms with van der Waals surface area (Å²) in [5.41, 5.74) is 2.08. The first kappa shape index (κ1) is 14.5. The van der Waals surface area contributed by atoms with Crippen LogP contribution >= 0.6 is 22.9 Å². The van der Waals surface area contributed by atoms with E-state index in [0.717, 1.165) is 10.4 Å². The third kappa shape index (κ3) is 2.69. The maximum Gasteiger partial charge on any atom is 0.224 e. The van der Waals surface area contributed by atoms with Gasteiger partial charge in [0.25, 0.3) is 0 Å². The smallest absolute Gasteiger partial charge is 0.224 e. The van der Waals surface area contributed by atoms with Gasteiger partial charge in [0.05, 0.1) is 11.1 Å².